The Bertz CT molecular complexity index is 1380. The van der Waals surface area contributed by atoms with E-state index in [4.69, 9.17) is 4.74 Å². The van der Waals surface area contributed by atoms with Crippen LogP contribution in [0.2, 0.25) is 0 Å². The van der Waals surface area contributed by atoms with Crippen molar-refractivity contribution in [2.45, 2.75) is 5.41 Å². The van der Waals surface area contributed by atoms with Gasteiger partial charge in [-0.25, -0.2) is 0 Å². The average molecular weight is 401 g/mol. The minimum absolute atomic E-state index is 0.424. The maximum atomic E-state index is 9.92. The Morgan fingerprint density at radius 3 is 1.90 bits per heavy atom. The molecule has 4 aromatic rings. The number of ether oxygens (including phenoxy) is 1. The molecule has 4 aromatic carbocycles. The van der Waals surface area contributed by atoms with Crippen LogP contribution in [0, 0.1) is 11.3 Å². The lowest BCUT2D eigenvalue weighted by molar-refractivity contribution is 0.425. The smallest absolute Gasteiger partial charge is 0.457 e. The summed E-state index contributed by atoms with van der Waals surface area (Å²) in [5.74, 6) is 1.50. The van der Waals surface area contributed by atoms with Crippen molar-refractivity contribution in [3.8, 4) is 28.7 Å². The molecule has 0 saturated carbocycles. The number of rotatable bonds is 1. The lowest BCUT2D eigenvalue weighted by atomic mass is 9.65. The first kappa shape index (κ1) is 18.0. The minimum Gasteiger partial charge on any atom is -0.457 e. The summed E-state index contributed by atoms with van der Waals surface area (Å²) in [5, 5.41) is 29.5. The maximum Gasteiger partial charge on any atom is 0.488 e. The highest BCUT2D eigenvalue weighted by Crippen LogP contribution is 2.61. The summed E-state index contributed by atoms with van der Waals surface area (Å²) in [6.45, 7) is 0. The third-order valence-electron chi connectivity index (χ3n) is 6.39. The summed E-state index contributed by atoms with van der Waals surface area (Å²) >= 11 is 0. The Labute approximate surface area is 179 Å². The Morgan fingerprint density at radius 1 is 0.710 bits per heavy atom. The van der Waals surface area contributed by atoms with E-state index in [0.717, 1.165) is 44.9 Å². The number of para-hydroxylation sites is 2. The van der Waals surface area contributed by atoms with Crippen LogP contribution in [-0.2, 0) is 5.41 Å². The maximum absolute atomic E-state index is 9.92. The topological polar surface area (TPSA) is 73.5 Å². The Balaban J connectivity index is 1.83. The van der Waals surface area contributed by atoms with E-state index in [0.29, 0.717) is 11.0 Å². The summed E-state index contributed by atoms with van der Waals surface area (Å²) in [4.78, 5) is 0. The van der Waals surface area contributed by atoms with E-state index in [9.17, 15) is 15.3 Å². The molecule has 1 spiro atoms. The molecule has 0 unspecified atom stereocenters. The van der Waals surface area contributed by atoms with Gasteiger partial charge in [-0.15, -0.1) is 0 Å². The molecule has 1 aliphatic carbocycles. The molecule has 1 aliphatic heterocycles. The molecule has 146 valence electrons. The molecule has 0 fully saturated rings. The van der Waals surface area contributed by atoms with E-state index < -0.39 is 12.5 Å². The lowest BCUT2D eigenvalue weighted by Crippen LogP contribution is -2.35. The molecule has 1 heterocycles. The van der Waals surface area contributed by atoms with Gasteiger partial charge in [0.25, 0.3) is 0 Å². The van der Waals surface area contributed by atoms with Crippen molar-refractivity contribution < 1.29 is 14.8 Å². The molecule has 0 aromatic heterocycles. The molecule has 0 saturated heterocycles. The number of nitrogens with zero attached hydrogens (tertiary/aromatic N) is 1. The summed E-state index contributed by atoms with van der Waals surface area (Å²) in [7, 11) is -1.58. The molecule has 6 rings (SSSR count). The largest absolute Gasteiger partial charge is 0.488 e. The van der Waals surface area contributed by atoms with Crippen molar-refractivity contribution >= 4 is 12.6 Å². The number of hydrogen-bond acceptors (Lipinski definition) is 4. The molecule has 0 atom stereocenters. The Kier molecular flexibility index (Phi) is 3.67. The van der Waals surface area contributed by atoms with Gasteiger partial charge in [0.1, 0.15) is 11.5 Å². The van der Waals surface area contributed by atoms with E-state index in [2.05, 4.69) is 6.07 Å². The van der Waals surface area contributed by atoms with Crippen LogP contribution in [0.4, 0.5) is 0 Å². The van der Waals surface area contributed by atoms with E-state index in [1.807, 2.05) is 78.9 Å². The number of fused-ring (bicyclic) bond motifs is 9. The van der Waals surface area contributed by atoms with Crippen LogP contribution in [0.5, 0.6) is 11.5 Å². The first-order valence-electron chi connectivity index (χ1n) is 10.1. The van der Waals surface area contributed by atoms with E-state index in [-0.39, 0.29) is 0 Å². The van der Waals surface area contributed by atoms with Gasteiger partial charge in [-0.3, -0.25) is 0 Å². The molecular weight excluding hydrogens is 385 g/mol. The predicted molar refractivity (Wildman–Crippen MR) is 118 cm³/mol. The minimum atomic E-state index is -1.58. The van der Waals surface area contributed by atoms with Gasteiger partial charge in [0.05, 0.1) is 17.0 Å². The fraction of sp³-hybridized carbons (Fsp3) is 0.0385. The van der Waals surface area contributed by atoms with Crippen molar-refractivity contribution in [1.29, 1.82) is 5.26 Å². The van der Waals surface area contributed by atoms with E-state index >= 15 is 0 Å². The molecule has 0 radical (unpaired) electrons. The van der Waals surface area contributed by atoms with Gasteiger partial charge in [-0.2, -0.15) is 5.26 Å². The van der Waals surface area contributed by atoms with Crippen LogP contribution in [0.1, 0.15) is 27.8 Å². The fourth-order valence-corrected chi connectivity index (χ4v) is 5.15. The standard InChI is InChI=1S/C26H16BNO3/c28-15-16-9-11-18-19-12-10-17(27(29)30)14-23(19)26(22(18)13-16)20-5-1-3-7-24(20)31-25-8-4-2-6-21(25)26/h1-14,29-30H. The average Bonchev–Trinajstić information content (AvgIpc) is 3.09. The summed E-state index contributed by atoms with van der Waals surface area (Å²) in [6, 6.07) is 29.4. The van der Waals surface area contributed by atoms with Crippen LogP contribution < -0.4 is 10.2 Å². The molecule has 0 bridgehead atoms. The van der Waals surface area contributed by atoms with Gasteiger partial charge in [0, 0.05) is 11.1 Å². The zero-order valence-corrected chi connectivity index (χ0v) is 16.4. The fourth-order valence-electron chi connectivity index (χ4n) is 5.15. The van der Waals surface area contributed by atoms with Crippen LogP contribution in [0.15, 0.2) is 84.9 Å². The molecule has 2 aliphatic rings. The van der Waals surface area contributed by atoms with Crippen molar-refractivity contribution in [2.75, 3.05) is 0 Å². The number of hydrogen-bond donors (Lipinski definition) is 2. The molecule has 2 N–H and O–H groups in total. The SMILES string of the molecule is N#Cc1ccc2c(c1)C1(c3ccccc3Oc3ccccc31)c1cc(B(O)O)ccc1-2. The summed E-state index contributed by atoms with van der Waals surface area (Å²) in [6.07, 6.45) is 0. The third kappa shape index (κ3) is 2.26. The Hall–Kier alpha value is -3.85. The molecule has 31 heavy (non-hydrogen) atoms. The summed E-state index contributed by atoms with van der Waals surface area (Å²) < 4.78 is 6.26. The van der Waals surface area contributed by atoms with Gasteiger partial charge in [0.2, 0.25) is 0 Å². The van der Waals surface area contributed by atoms with Gasteiger partial charge in [-0.1, -0.05) is 60.7 Å². The normalized spacial score (nSPS) is 14.0. The van der Waals surface area contributed by atoms with Crippen molar-refractivity contribution in [3.05, 3.63) is 113 Å². The first-order chi connectivity index (χ1) is 15.1. The van der Waals surface area contributed by atoms with Crippen LogP contribution in [0.25, 0.3) is 11.1 Å². The highest BCUT2D eigenvalue weighted by Gasteiger charge is 2.51. The Morgan fingerprint density at radius 2 is 1.29 bits per heavy atom. The van der Waals surface area contributed by atoms with Crippen molar-refractivity contribution in [3.63, 3.8) is 0 Å². The number of nitriles is 1. The third-order valence-corrected chi connectivity index (χ3v) is 6.39. The zero-order chi connectivity index (χ0) is 21.2. The van der Waals surface area contributed by atoms with E-state index in [1.165, 1.54) is 0 Å². The van der Waals surface area contributed by atoms with Crippen molar-refractivity contribution in [1.82, 2.24) is 0 Å². The van der Waals surface area contributed by atoms with Crippen LogP contribution in [0.3, 0.4) is 0 Å². The van der Waals surface area contributed by atoms with Crippen LogP contribution >= 0.6 is 0 Å². The molecule has 5 heteroatoms. The van der Waals surface area contributed by atoms with Gasteiger partial charge >= 0.3 is 7.12 Å². The van der Waals surface area contributed by atoms with Crippen molar-refractivity contribution in [2.24, 2.45) is 0 Å². The molecule has 4 nitrogen and oxygen atoms in total. The summed E-state index contributed by atoms with van der Waals surface area (Å²) in [5.41, 5.74) is 6.19. The monoisotopic (exact) mass is 401 g/mol. The predicted octanol–water partition coefficient (Wildman–Crippen LogP) is 3.71. The number of benzene rings is 4. The highest BCUT2D eigenvalue weighted by atomic mass is 16.5. The lowest BCUT2D eigenvalue weighted by Gasteiger charge is -2.39. The first-order valence-corrected chi connectivity index (χ1v) is 10.1. The zero-order valence-electron chi connectivity index (χ0n) is 16.4. The van der Waals surface area contributed by atoms with Crippen LogP contribution in [-0.4, -0.2) is 17.2 Å². The molecule has 0 amide bonds. The van der Waals surface area contributed by atoms with Gasteiger partial charge < -0.3 is 14.8 Å². The highest BCUT2D eigenvalue weighted by molar-refractivity contribution is 6.58. The van der Waals surface area contributed by atoms with Gasteiger partial charge in [-0.05, 0) is 52.0 Å². The van der Waals surface area contributed by atoms with Gasteiger partial charge in [0.15, 0.2) is 0 Å². The second-order valence-corrected chi connectivity index (χ2v) is 7.90. The quantitative estimate of drug-likeness (QED) is 0.412. The second kappa shape index (κ2) is 6.32. The second-order valence-electron chi connectivity index (χ2n) is 7.90. The molecular formula is C26H16BNO3. The van der Waals surface area contributed by atoms with E-state index in [1.54, 1.807) is 6.07 Å².